The van der Waals surface area contributed by atoms with Crippen LogP contribution in [0.25, 0.3) is 21.8 Å². The molecular weight excluding hydrogens is 357 g/mol. The molecule has 0 radical (unpaired) electrons. The Labute approximate surface area is 162 Å². The highest BCUT2D eigenvalue weighted by Gasteiger charge is 2.10. The molecule has 0 saturated carbocycles. The van der Waals surface area contributed by atoms with E-state index in [0.29, 0.717) is 5.11 Å². The number of nitrogens with one attached hydrogen (secondary N) is 2. The molecule has 5 heteroatoms. The summed E-state index contributed by atoms with van der Waals surface area (Å²) in [6, 6.07) is 19.3. The molecule has 0 unspecified atom stereocenters. The summed E-state index contributed by atoms with van der Waals surface area (Å²) in [5.74, 6) is -0.255. The van der Waals surface area contributed by atoms with Crippen molar-refractivity contribution in [1.82, 2.24) is 4.57 Å². The molecule has 3 aromatic carbocycles. The Bertz CT molecular complexity index is 1160. The molecule has 136 valence electrons. The molecule has 0 aliphatic heterocycles. The largest absolute Gasteiger partial charge is 0.341 e. The summed E-state index contributed by atoms with van der Waals surface area (Å²) < 4.78 is 15.6. The fourth-order valence-electron chi connectivity index (χ4n) is 3.52. The van der Waals surface area contributed by atoms with E-state index < -0.39 is 0 Å². The summed E-state index contributed by atoms with van der Waals surface area (Å²) in [4.78, 5) is 0. The van der Waals surface area contributed by atoms with Gasteiger partial charge in [0.15, 0.2) is 5.11 Å². The van der Waals surface area contributed by atoms with Crippen LogP contribution in [0.4, 0.5) is 15.8 Å². The molecule has 0 amide bonds. The van der Waals surface area contributed by atoms with Crippen molar-refractivity contribution in [2.45, 2.75) is 20.4 Å². The lowest BCUT2D eigenvalue weighted by molar-refractivity contribution is 0.627. The molecule has 0 saturated heterocycles. The van der Waals surface area contributed by atoms with E-state index in [4.69, 9.17) is 12.2 Å². The van der Waals surface area contributed by atoms with E-state index in [1.54, 1.807) is 6.07 Å². The van der Waals surface area contributed by atoms with Crippen molar-refractivity contribution in [3.05, 3.63) is 72.0 Å². The van der Waals surface area contributed by atoms with E-state index in [1.165, 1.54) is 33.9 Å². The number of hydrogen-bond donors (Lipinski definition) is 2. The van der Waals surface area contributed by atoms with Crippen molar-refractivity contribution in [1.29, 1.82) is 0 Å². The van der Waals surface area contributed by atoms with Gasteiger partial charge < -0.3 is 15.2 Å². The summed E-state index contributed by atoms with van der Waals surface area (Å²) in [5, 5.41) is 9.27. The van der Waals surface area contributed by atoms with E-state index >= 15 is 0 Å². The molecule has 2 N–H and O–H groups in total. The molecule has 1 heterocycles. The van der Waals surface area contributed by atoms with Gasteiger partial charge in [0.25, 0.3) is 0 Å². The van der Waals surface area contributed by atoms with Gasteiger partial charge in [-0.05, 0) is 74.1 Å². The fourth-order valence-corrected chi connectivity index (χ4v) is 3.75. The van der Waals surface area contributed by atoms with Crippen molar-refractivity contribution in [3.63, 3.8) is 0 Å². The molecule has 0 aliphatic rings. The SMILES string of the molecule is CCn1c2ccccc2c2cc(NC(=S)Nc3ccc(F)cc3C)ccc21. The molecule has 1 aromatic heterocycles. The van der Waals surface area contributed by atoms with Gasteiger partial charge in [-0.2, -0.15) is 0 Å². The molecule has 4 rings (SSSR count). The number of fused-ring (bicyclic) bond motifs is 3. The lowest BCUT2D eigenvalue weighted by Gasteiger charge is -2.13. The van der Waals surface area contributed by atoms with Gasteiger partial charge in [-0.25, -0.2) is 4.39 Å². The van der Waals surface area contributed by atoms with E-state index in [1.807, 2.05) is 13.0 Å². The van der Waals surface area contributed by atoms with Crippen LogP contribution in [0.15, 0.2) is 60.7 Å². The monoisotopic (exact) mass is 377 g/mol. The first-order valence-electron chi connectivity index (χ1n) is 8.92. The number of anilines is 2. The zero-order valence-corrected chi connectivity index (χ0v) is 16.0. The normalized spacial score (nSPS) is 11.1. The molecule has 27 heavy (non-hydrogen) atoms. The topological polar surface area (TPSA) is 29.0 Å². The Hall–Kier alpha value is -2.92. The average molecular weight is 377 g/mol. The van der Waals surface area contributed by atoms with Crippen LogP contribution >= 0.6 is 12.2 Å². The first kappa shape index (κ1) is 17.5. The number of aryl methyl sites for hydroxylation is 2. The quantitative estimate of drug-likeness (QED) is 0.425. The maximum absolute atomic E-state index is 13.3. The van der Waals surface area contributed by atoms with E-state index in [0.717, 1.165) is 23.5 Å². The lowest BCUT2D eigenvalue weighted by atomic mass is 10.1. The number of rotatable bonds is 3. The number of para-hydroxylation sites is 1. The highest BCUT2D eigenvalue weighted by molar-refractivity contribution is 7.80. The van der Waals surface area contributed by atoms with E-state index in [2.05, 4.69) is 58.5 Å². The highest BCUT2D eigenvalue weighted by Crippen LogP contribution is 2.31. The number of hydrogen-bond acceptors (Lipinski definition) is 1. The predicted octanol–water partition coefficient (Wildman–Crippen LogP) is 6.07. The molecule has 3 nitrogen and oxygen atoms in total. The maximum Gasteiger partial charge on any atom is 0.175 e. The number of halogens is 1. The zero-order chi connectivity index (χ0) is 19.0. The molecule has 0 fully saturated rings. The summed E-state index contributed by atoms with van der Waals surface area (Å²) in [6.07, 6.45) is 0. The van der Waals surface area contributed by atoms with Crippen LogP contribution < -0.4 is 10.6 Å². The molecular formula is C22H20FN3S. The van der Waals surface area contributed by atoms with Gasteiger partial charge in [0.05, 0.1) is 0 Å². The van der Waals surface area contributed by atoms with Crippen molar-refractivity contribution >= 4 is 50.5 Å². The summed E-state index contributed by atoms with van der Waals surface area (Å²) in [6.45, 7) is 4.92. The van der Waals surface area contributed by atoms with E-state index in [9.17, 15) is 4.39 Å². The third-order valence-electron chi connectivity index (χ3n) is 4.78. The molecule has 0 aliphatic carbocycles. The highest BCUT2D eigenvalue weighted by atomic mass is 32.1. The third-order valence-corrected chi connectivity index (χ3v) is 4.99. The van der Waals surface area contributed by atoms with Crippen molar-refractivity contribution < 1.29 is 4.39 Å². The second-order valence-corrected chi connectivity index (χ2v) is 6.94. The summed E-state index contributed by atoms with van der Waals surface area (Å²) in [7, 11) is 0. The Morgan fingerprint density at radius 3 is 2.52 bits per heavy atom. The number of nitrogens with zero attached hydrogens (tertiary/aromatic N) is 1. The Morgan fingerprint density at radius 2 is 1.74 bits per heavy atom. The number of benzene rings is 3. The average Bonchev–Trinajstić information content (AvgIpc) is 2.97. The maximum atomic E-state index is 13.3. The Kier molecular flexibility index (Phi) is 4.54. The van der Waals surface area contributed by atoms with Crippen molar-refractivity contribution in [2.75, 3.05) is 10.6 Å². The van der Waals surface area contributed by atoms with Crippen molar-refractivity contribution in [3.8, 4) is 0 Å². The van der Waals surface area contributed by atoms with Crippen LogP contribution in [0.1, 0.15) is 12.5 Å². The predicted molar refractivity (Wildman–Crippen MR) is 116 cm³/mol. The van der Waals surface area contributed by atoms with Gasteiger partial charge >= 0.3 is 0 Å². The number of aromatic nitrogens is 1. The van der Waals surface area contributed by atoms with Crippen LogP contribution in [0.5, 0.6) is 0 Å². The molecule has 0 bridgehead atoms. The van der Waals surface area contributed by atoms with Gasteiger partial charge in [0.1, 0.15) is 5.82 Å². The van der Waals surface area contributed by atoms with Crippen LogP contribution in [0.3, 0.4) is 0 Å². The minimum Gasteiger partial charge on any atom is -0.341 e. The van der Waals surface area contributed by atoms with E-state index in [-0.39, 0.29) is 5.82 Å². The molecule has 0 atom stereocenters. The fraction of sp³-hybridized carbons (Fsp3) is 0.136. The Balaban J connectivity index is 1.64. The second kappa shape index (κ2) is 7.00. The summed E-state index contributed by atoms with van der Waals surface area (Å²) >= 11 is 5.44. The van der Waals surface area contributed by atoms with Gasteiger partial charge in [-0.1, -0.05) is 18.2 Å². The van der Waals surface area contributed by atoms with Crippen LogP contribution in [0, 0.1) is 12.7 Å². The summed E-state index contributed by atoms with van der Waals surface area (Å²) in [5.41, 5.74) is 4.95. The van der Waals surface area contributed by atoms with Gasteiger partial charge in [-0.3, -0.25) is 0 Å². The van der Waals surface area contributed by atoms with Gasteiger partial charge in [0, 0.05) is 39.7 Å². The molecule has 0 spiro atoms. The van der Waals surface area contributed by atoms with Gasteiger partial charge in [-0.15, -0.1) is 0 Å². The molecule has 4 aromatic rings. The van der Waals surface area contributed by atoms with Crippen LogP contribution in [0.2, 0.25) is 0 Å². The van der Waals surface area contributed by atoms with Crippen molar-refractivity contribution in [2.24, 2.45) is 0 Å². The smallest absolute Gasteiger partial charge is 0.175 e. The Morgan fingerprint density at radius 1 is 0.963 bits per heavy atom. The third kappa shape index (κ3) is 3.26. The first-order valence-corrected chi connectivity index (χ1v) is 9.33. The minimum absolute atomic E-state index is 0.255. The standard InChI is InChI=1S/C22H20FN3S/c1-3-26-20-7-5-4-6-17(20)18-13-16(9-11-21(18)26)24-22(27)25-19-10-8-15(23)12-14(19)2/h4-13H,3H2,1-2H3,(H2,24,25,27). The van der Waals surface area contributed by atoms with Crippen LogP contribution in [-0.4, -0.2) is 9.68 Å². The lowest BCUT2D eigenvalue weighted by Crippen LogP contribution is -2.19. The zero-order valence-electron chi connectivity index (χ0n) is 15.2. The van der Waals surface area contributed by atoms with Crippen LogP contribution in [-0.2, 0) is 6.54 Å². The minimum atomic E-state index is -0.255. The van der Waals surface area contributed by atoms with Gasteiger partial charge in [0.2, 0.25) is 0 Å². The number of thiocarbonyl (C=S) groups is 1. The second-order valence-electron chi connectivity index (χ2n) is 6.53. The first-order chi connectivity index (χ1) is 13.1.